The Kier molecular flexibility index (Phi) is 11.3. The minimum atomic E-state index is -0.569. The molecule has 0 unspecified atom stereocenters. The van der Waals surface area contributed by atoms with E-state index in [-0.39, 0.29) is 11.6 Å². The number of carbonyl (C=O) groups excluding carboxylic acids is 1. The number of hydrogen-bond donors (Lipinski definition) is 5. The van der Waals surface area contributed by atoms with Crippen LogP contribution < -0.4 is 32.6 Å². The summed E-state index contributed by atoms with van der Waals surface area (Å²) in [6.45, 7) is 4.42. The van der Waals surface area contributed by atoms with Crippen LogP contribution in [0.4, 0.5) is 17.3 Å². The first-order valence-electron chi connectivity index (χ1n) is 17.4. The molecule has 3 fully saturated rings. The van der Waals surface area contributed by atoms with Crippen LogP contribution in [0.3, 0.4) is 0 Å². The average molecular weight is 653 g/mol. The van der Waals surface area contributed by atoms with Gasteiger partial charge in [0.1, 0.15) is 11.2 Å². The van der Waals surface area contributed by atoms with Gasteiger partial charge < -0.3 is 26.3 Å². The third-order valence-electron chi connectivity index (χ3n) is 9.90. The molecule has 0 spiro atoms. The van der Waals surface area contributed by atoms with Gasteiger partial charge in [-0.25, -0.2) is 10.5 Å². The molecule has 2 saturated heterocycles. The highest BCUT2D eigenvalue weighted by Gasteiger charge is 2.23. The van der Waals surface area contributed by atoms with Crippen molar-refractivity contribution < 1.29 is 9.63 Å². The van der Waals surface area contributed by atoms with E-state index >= 15 is 0 Å². The minimum absolute atomic E-state index is 0.0303. The first-order chi connectivity index (χ1) is 23.5. The average Bonchev–Trinajstić information content (AvgIpc) is 3.14. The molecule has 1 saturated carbocycles. The number of benzene rings is 2. The number of anilines is 3. The number of hydrogen-bond acceptors (Lipinski definition) is 9. The number of nitrogens with two attached hydrogens (primary N) is 1. The summed E-state index contributed by atoms with van der Waals surface area (Å²) in [7, 11) is 1.35. The van der Waals surface area contributed by atoms with Gasteiger partial charge in [0.05, 0.1) is 12.5 Å². The second kappa shape index (κ2) is 16.2. The first-order valence-corrected chi connectivity index (χ1v) is 17.4. The number of fused-ring (bicyclic) bond motifs is 1. The Morgan fingerprint density at radius 2 is 1.44 bits per heavy atom. The Morgan fingerprint density at radius 1 is 0.854 bits per heavy atom. The molecule has 7 rings (SSSR count). The van der Waals surface area contributed by atoms with Gasteiger partial charge in [-0.3, -0.25) is 14.4 Å². The summed E-state index contributed by atoms with van der Waals surface area (Å²) in [5.74, 6) is 1.18. The van der Waals surface area contributed by atoms with Crippen LogP contribution in [0.1, 0.15) is 97.1 Å². The number of nitrogens with zero attached hydrogens (tertiary/aromatic N) is 3. The standard InChI is InChI=1S/C26H32N6O3.C11H16N2/c1-35-31-25(34)22-16-32(20-5-3-2-4-6-20)24-21(23(22)33)15-28-26(30-24)29-19-9-7-17(8-10-19)18-11-13-27-14-12-18;12-11-3-1-9(2-4-11)10-5-7-13-8-6-10/h7-10,15-16,18,20,27H,2-6,11-14H2,1H3,(H,31,34)(H,28,29,30);1-4,10,13H,5-8,12H2. The van der Waals surface area contributed by atoms with Gasteiger partial charge in [-0.1, -0.05) is 43.5 Å². The minimum Gasteiger partial charge on any atom is -0.399 e. The molecule has 0 bridgehead atoms. The maximum Gasteiger partial charge on any atom is 0.280 e. The molecule has 4 aromatic rings. The second-order valence-electron chi connectivity index (χ2n) is 13.1. The Bertz CT molecular complexity index is 1710. The van der Waals surface area contributed by atoms with Gasteiger partial charge in [0.15, 0.2) is 0 Å². The van der Waals surface area contributed by atoms with Crippen molar-refractivity contribution in [2.45, 2.75) is 75.7 Å². The van der Waals surface area contributed by atoms with E-state index in [0.717, 1.165) is 82.0 Å². The van der Waals surface area contributed by atoms with E-state index in [0.29, 0.717) is 22.9 Å². The van der Waals surface area contributed by atoms with E-state index in [1.165, 1.54) is 43.7 Å². The van der Waals surface area contributed by atoms with E-state index in [4.69, 9.17) is 15.6 Å². The Hall–Kier alpha value is -4.32. The summed E-state index contributed by atoms with van der Waals surface area (Å²) in [6, 6.07) is 16.9. The fourth-order valence-electron chi connectivity index (χ4n) is 7.19. The summed E-state index contributed by atoms with van der Waals surface area (Å²) in [4.78, 5) is 39.5. The lowest BCUT2D eigenvalue weighted by atomic mass is 9.90. The zero-order valence-corrected chi connectivity index (χ0v) is 27.8. The van der Waals surface area contributed by atoms with Crippen molar-refractivity contribution in [1.29, 1.82) is 0 Å². The molecule has 1 amide bonds. The molecule has 11 heteroatoms. The second-order valence-corrected chi connectivity index (χ2v) is 13.1. The predicted octanol–water partition coefficient (Wildman–Crippen LogP) is 5.53. The van der Waals surface area contributed by atoms with Gasteiger partial charge >= 0.3 is 0 Å². The molecule has 2 aliphatic heterocycles. The number of nitrogens with one attached hydrogen (secondary N) is 4. The van der Waals surface area contributed by atoms with Crippen molar-refractivity contribution in [1.82, 2.24) is 30.6 Å². The topological polar surface area (TPSA) is 148 Å². The number of amides is 1. The highest BCUT2D eigenvalue weighted by Crippen LogP contribution is 2.31. The number of nitrogen functional groups attached to an aromatic ring is 1. The number of pyridine rings is 1. The molecule has 11 nitrogen and oxygen atoms in total. The molecular weight excluding hydrogens is 604 g/mol. The van der Waals surface area contributed by atoms with Crippen LogP contribution >= 0.6 is 0 Å². The predicted molar refractivity (Wildman–Crippen MR) is 191 cm³/mol. The van der Waals surface area contributed by atoms with Crippen LogP contribution in [0.15, 0.2) is 65.7 Å². The summed E-state index contributed by atoms with van der Waals surface area (Å²) < 4.78 is 1.98. The molecule has 3 aliphatic rings. The largest absolute Gasteiger partial charge is 0.399 e. The maximum absolute atomic E-state index is 13.1. The van der Waals surface area contributed by atoms with Crippen molar-refractivity contribution >= 4 is 34.3 Å². The normalized spacial score (nSPS) is 17.8. The fourth-order valence-corrected chi connectivity index (χ4v) is 7.19. The van der Waals surface area contributed by atoms with Crippen molar-refractivity contribution in [2.75, 3.05) is 44.3 Å². The monoisotopic (exact) mass is 652 g/mol. The van der Waals surface area contributed by atoms with Gasteiger partial charge in [0.25, 0.3) is 5.91 Å². The number of rotatable bonds is 7. The summed E-state index contributed by atoms with van der Waals surface area (Å²) in [5, 5.41) is 10.4. The lowest BCUT2D eigenvalue weighted by Gasteiger charge is -2.26. The van der Waals surface area contributed by atoms with Gasteiger partial charge in [-0.15, -0.1) is 0 Å². The Balaban J connectivity index is 0.000000257. The zero-order chi connectivity index (χ0) is 33.3. The molecule has 0 atom stereocenters. The van der Waals surface area contributed by atoms with Crippen molar-refractivity contribution in [3.63, 3.8) is 0 Å². The van der Waals surface area contributed by atoms with Crippen LogP contribution in [0.5, 0.6) is 0 Å². The maximum atomic E-state index is 13.1. The number of piperidine rings is 2. The smallest absolute Gasteiger partial charge is 0.280 e. The van der Waals surface area contributed by atoms with E-state index in [9.17, 15) is 9.59 Å². The SMILES string of the molecule is CONC(=O)c1cn(C2CCCCC2)c2nc(Nc3ccc(C4CCNCC4)cc3)ncc2c1=O.Nc1ccc(C2CCNCC2)cc1. The van der Waals surface area contributed by atoms with Crippen LogP contribution in [0, 0.1) is 0 Å². The molecule has 1 aliphatic carbocycles. The molecular formula is C37H48N8O3. The molecule has 254 valence electrons. The Morgan fingerprint density at radius 3 is 2.02 bits per heavy atom. The van der Waals surface area contributed by atoms with Gasteiger partial charge in [0, 0.05) is 29.8 Å². The number of aromatic nitrogens is 3. The molecule has 4 heterocycles. The van der Waals surface area contributed by atoms with Crippen LogP contribution in [0.2, 0.25) is 0 Å². The van der Waals surface area contributed by atoms with Gasteiger partial charge in [0.2, 0.25) is 11.4 Å². The molecule has 6 N–H and O–H groups in total. The third kappa shape index (κ3) is 8.21. The van der Waals surface area contributed by atoms with Crippen molar-refractivity contribution in [2.24, 2.45) is 0 Å². The summed E-state index contributed by atoms with van der Waals surface area (Å²) >= 11 is 0. The Labute approximate surface area is 282 Å². The van der Waals surface area contributed by atoms with Gasteiger partial charge in [-0.05, 0) is 112 Å². The number of hydroxylamine groups is 1. The van der Waals surface area contributed by atoms with E-state index in [1.54, 1.807) is 6.20 Å². The fraction of sp³-hybridized carbons (Fsp3) is 0.459. The van der Waals surface area contributed by atoms with Crippen LogP contribution in [-0.4, -0.2) is 53.7 Å². The van der Waals surface area contributed by atoms with Gasteiger partial charge in [-0.2, -0.15) is 4.98 Å². The van der Waals surface area contributed by atoms with E-state index < -0.39 is 11.3 Å². The third-order valence-corrected chi connectivity index (χ3v) is 9.90. The number of carbonyl (C=O) groups is 1. The summed E-state index contributed by atoms with van der Waals surface area (Å²) in [6.07, 6.45) is 13.3. The van der Waals surface area contributed by atoms with Crippen LogP contribution in [0.25, 0.3) is 11.0 Å². The lowest BCUT2D eigenvalue weighted by molar-refractivity contribution is 0.0535. The molecule has 2 aromatic carbocycles. The summed E-state index contributed by atoms with van der Waals surface area (Å²) in [5.41, 5.74) is 12.6. The van der Waals surface area contributed by atoms with Crippen molar-refractivity contribution in [3.05, 3.63) is 87.8 Å². The quantitative estimate of drug-likeness (QED) is 0.128. The highest BCUT2D eigenvalue weighted by atomic mass is 16.6. The van der Waals surface area contributed by atoms with E-state index in [1.807, 2.05) is 16.7 Å². The molecule has 48 heavy (non-hydrogen) atoms. The zero-order valence-electron chi connectivity index (χ0n) is 27.8. The molecule has 2 aromatic heterocycles. The van der Waals surface area contributed by atoms with Crippen molar-refractivity contribution in [3.8, 4) is 0 Å². The van der Waals surface area contributed by atoms with E-state index in [2.05, 4.69) is 62.8 Å². The lowest BCUT2D eigenvalue weighted by Crippen LogP contribution is -2.30. The van der Waals surface area contributed by atoms with Crippen LogP contribution in [-0.2, 0) is 4.84 Å². The highest BCUT2D eigenvalue weighted by molar-refractivity contribution is 5.96. The molecule has 0 radical (unpaired) electrons. The first kappa shape index (κ1) is 33.6.